The third kappa shape index (κ3) is 4.99. The van der Waals surface area contributed by atoms with E-state index in [0.717, 1.165) is 11.3 Å². The van der Waals surface area contributed by atoms with Gasteiger partial charge in [0, 0.05) is 17.6 Å². The van der Waals surface area contributed by atoms with Crippen LogP contribution in [0.1, 0.15) is 36.9 Å². The van der Waals surface area contributed by atoms with Crippen LogP contribution in [0.3, 0.4) is 0 Å². The van der Waals surface area contributed by atoms with Crippen molar-refractivity contribution >= 4 is 17.5 Å². The predicted octanol–water partition coefficient (Wildman–Crippen LogP) is 4.09. The molecule has 0 radical (unpaired) electrons. The van der Waals surface area contributed by atoms with Gasteiger partial charge in [0.2, 0.25) is 5.91 Å². The molecule has 2 N–H and O–H groups in total. The summed E-state index contributed by atoms with van der Waals surface area (Å²) in [6, 6.07) is 15.5. The van der Waals surface area contributed by atoms with Crippen LogP contribution < -0.4 is 15.4 Å². The van der Waals surface area contributed by atoms with E-state index in [-0.39, 0.29) is 18.0 Å². The standard InChI is InChI=1S/C21H25ClN2O2/c1-14(21(25)23-13-15-3-9-18(22)10-4-15)24-20(16-5-6-16)17-7-11-19(26-2)12-8-17/h3-4,7-12,14,16,20,24H,5-6,13H2,1-2H3,(H,23,25). The second kappa shape index (κ2) is 8.56. The number of hydrogen-bond donors (Lipinski definition) is 2. The molecule has 3 rings (SSSR count). The monoisotopic (exact) mass is 372 g/mol. The van der Waals surface area contributed by atoms with Gasteiger partial charge in [0.25, 0.3) is 0 Å². The third-order valence-corrected chi connectivity index (χ3v) is 5.02. The van der Waals surface area contributed by atoms with E-state index in [1.165, 1.54) is 18.4 Å². The maximum absolute atomic E-state index is 12.5. The third-order valence-electron chi connectivity index (χ3n) is 4.77. The second-order valence-electron chi connectivity index (χ2n) is 6.82. The van der Waals surface area contributed by atoms with Crippen LogP contribution in [0.25, 0.3) is 0 Å². The summed E-state index contributed by atoms with van der Waals surface area (Å²) in [5.74, 6) is 1.44. The lowest BCUT2D eigenvalue weighted by atomic mass is 10.0. The van der Waals surface area contributed by atoms with Gasteiger partial charge >= 0.3 is 0 Å². The molecule has 2 aromatic rings. The summed E-state index contributed by atoms with van der Waals surface area (Å²) in [4.78, 5) is 12.5. The van der Waals surface area contributed by atoms with Crippen LogP contribution in [0.15, 0.2) is 48.5 Å². The number of benzene rings is 2. The van der Waals surface area contributed by atoms with E-state index < -0.39 is 0 Å². The van der Waals surface area contributed by atoms with Gasteiger partial charge in [0.15, 0.2) is 0 Å². The van der Waals surface area contributed by atoms with Gasteiger partial charge in [-0.25, -0.2) is 0 Å². The number of nitrogens with one attached hydrogen (secondary N) is 2. The maximum Gasteiger partial charge on any atom is 0.237 e. The molecule has 1 fully saturated rings. The first-order chi connectivity index (χ1) is 12.6. The lowest BCUT2D eigenvalue weighted by Crippen LogP contribution is -2.44. The van der Waals surface area contributed by atoms with Crippen molar-refractivity contribution in [3.05, 3.63) is 64.7 Å². The Morgan fingerprint density at radius 3 is 2.38 bits per heavy atom. The molecule has 0 spiro atoms. The number of rotatable bonds is 8. The van der Waals surface area contributed by atoms with Gasteiger partial charge in [-0.1, -0.05) is 35.9 Å². The average Bonchev–Trinajstić information content (AvgIpc) is 3.50. The van der Waals surface area contributed by atoms with Crippen LogP contribution in [0, 0.1) is 5.92 Å². The fourth-order valence-corrected chi connectivity index (χ4v) is 3.16. The first kappa shape index (κ1) is 18.7. The Balaban J connectivity index is 1.57. The summed E-state index contributed by atoms with van der Waals surface area (Å²) in [5, 5.41) is 7.19. The first-order valence-electron chi connectivity index (χ1n) is 8.99. The minimum atomic E-state index is -0.269. The average molecular weight is 373 g/mol. The zero-order valence-electron chi connectivity index (χ0n) is 15.2. The molecule has 2 unspecified atom stereocenters. The van der Waals surface area contributed by atoms with E-state index in [4.69, 9.17) is 16.3 Å². The molecule has 1 saturated carbocycles. The smallest absolute Gasteiger partial charge is 0.237 e. The molecule has 1 aliphatic carbocycles. The molecule has 2 atom stereocenters. The van der Waals surface area contributed by atoms with Gasteiger partial charge in [0.1, 0.15) is 5.75 Å². The fraction of sp³-hybridized carbons (Fsp3) is 0.381. The first-order valence-corrected chi connectivity index (χ1v) is 9.37. The molecule has 5 heteroatoms. The Morgan fingerprint density at radius 2 is 1.81 bits per heavy atom. The topological polar surface area (TPSA) is 50.4 Å². The van der Waals surface area contributed by atoms with Crippen LogP contribution >= 0.6 is 11.6 Å². The van der Waals surface area contributed by atoms with Crippen molar-refractivity contribution in [1.29, 1.82) is 0 Å². The van der Waals surface area contributed by atoms with Crippen molar-refractivity contribution in [3.63, 3.8) is 0 Å². The van der Waals surface area contributed by atoms with E-state index in [2.05, 4.69) is 22.8 Å². The molecular weight excluding hydrogens is 348 g/mol. The molecule has 0 aliphatic heterocycles. The molecule has 1 amide bonds. The number of hydrogen-bond acceptors (Lipinski definition) is 3. The molecule has 0 bridgehead atoms. The van der Waals surface area contributed by atoms with E-state index in [1.807, 2.05) is 43.3 Å². The lowest BCUT2D eigenvalue weighted by Gasteiger charge is -2.23. The Labute approximate surface area is 159 Å². The van der Waals surface area contributed by atoms with Gasteiger partial charge in [-0.3, -0.25) is 10.1 Å². The van der Waals surface area contributed by atoms with Crippen LogP contribution in [-0.2, 0) is 11.3 Å². The minimum Gasteiger partial charge on any atom is -0.497 e. The molecule has 4 nitrogen and oxygen atoms in total. The minimum absolute atomic E-state index is 0.000823. The normalized spacial score (nSPS) is 16.0. The highest BCUT2D eigenvalue weighted by Gasteiger charge is 2.34. The molecule has 0 saturated heterocycles. The van der Waals surface area contributed by atoms with E-state index >= 15 is 0 Å². The second-order valence-corrected chi connectivity index (χ2v) is 7.26. The zero-order valence-corrected chi connectivity index (χ0v) is 15.9. The summed E-state index contributed by atoms with van der Waals surface area (Å²) in [6.07, 6.45) is 2.39. The fourth-order valence-electron chi connectivity index (χ4n) is 3.03. The Hall–Kier alpha value is -2.04. The highest BCUT2D eigenvalue weighted by molar-refractivity contribution is 6.30. The molecular formula is C21H25ClN2O2. The van der Waals surface area contributed by atoms with Crippen molar-refractivity contribution < 1.29 is 9.53 Å². The number of carbonyl (C=O) groups excluding carboxylic acids is 1. The molecule has 0 heterocycles. The van der Waals surface area contributed by atoms with Crippen LogP contribution in [0.2, 0.25) is 5.02 Å². The zero-order chi connectivity index (χ0) is 18.5. The molecule has 1 aliphatic rings. The van der Waals surface area contributed by atoms with Crippen molar-refractivity contribution in [3.8, 4) is 5.75 Å². The number of amides is 1. The largest absolute Gasteiger partial charge is 0.497 e. The molecule has 26 heavy (non-hydrogen) atoms. The summed E-state index contributed by atoms with van der Waals surface area (Å²) >= 11 is 5.89. The van der Waals surface area contributed by atoms with E-state index in [9.17, 15) is 4.79 Å². The highest BCUT2D eigenvalue weighted by Crippen LogP contribution is 2.41. The summed E-state index contributed by atoms with van der Waals surface area (Å²) in [6.45, 7) is 2.41. The molecule has 138 valence electrons. The number of methoxy groups -OCH3 is 1. The van der Waals surface area contributed by atoms with E-state index in [1.54, 1.807) is 7.11 Å². The number of ether oxygens (including phenoxy) is 1. The molecule has 0 aromatic heterocycles. The summed E-state index contributed by atoms with van der Waals surface area (Å²) in [5.41, 5.74) is 2.23. The quantitative estimate of drug-likeness (QED) is 0.733. The Morgan fingerprint density at radius 1 is 1.15 bits per heavy atom. The summed E-state index contributed by atoms with van der Waals surface area (Å²) in [7, 11) is 1.67. The van der Waals surface area contributed by atoms with Gasteiger partial charge in [-0.05, 0) is 61.1 Å². The number of halogens is 1. The Kier molecular flexibility index (Phi) is 6.17. The molecule has 2 aromatic carbocycles. The van der Waals surface area contributed by atoms with Crippen molar-refractivity contribution in [2.45, 2.75) is 38.4 Å². The van der Waals surface area contributed by atoms with Gasteiger partial charge in [0.05, 0.1) is 13.2 Å². The van der Waals surface area contributed by atoms with Gasteiger partial charge in [-0.2, -0.15) is 0 Å². The van der Waals surface area contributed by atoms with Crippen molar-refractivity contribution in [1.82, 2.24) is 10.6 Å². The van der Waals surface area contributed by atoms with Crippen LogP contribution in [-0.4, -0.2) is 19.1 Å². The highest BCUT2D eigenvalue weighted by atomic mass is 35.5. The predicted molar refractivity (Wildman–Crippen MR) is 104 cm³/mol. The van der Waals surface area contributed by atoms with Gasteiger partial charge < -0.3 is 10.1 Å². The maximum atomic E-state index is 12.5. The van der Waals surface area contributed by atoms with Crippen molar-refractivity contribution in [2.75, 3.05) is 7.11 Å². The SMILES string of the molecule is COc1ccc(C(NC(C)C(=O)NCc2ccc(Cl)cc2)C2CC2)cc1. The van der Waals surface area contributed by atoms with E-state index in [0.29, 0.717) is 17.5 Å². The van der Waals surface area contributed by atoms with Crippen LogP contribution in [0.4, 0.5) is 0 Å². The van der Waals surface area contributed by atoms with Crippen molar-refractivity contribution in [2.24, 2.45) is 5.92 Å². The summed E-state index contributed by atoms with van der Waals surface area (Å²) < 4.78 is 5.23. The number of carbonyl (C=O) groups is 1. The Bertz CT molecular complexity index is 727. The van der Waals surface area contributed by atoms with Gasteiger partial charge in [-0.15, -0.1) is 0 Å². The van der Waals surface area contributed by atoms with Crippen LogP contribution in [0.5, 0.6) is 5.75 Å². The lowest BCUT2D eigenvalue weighted by molar-refractivity contribution is -0.123.